The molecule has 0 unspecified atom stereocenters. The van der Waals surface area contributed by atoms with Crippen LogP contribution in [0.2, 0.25) is 0 Å². The van der Waals surface area contributed by atoms with E-state index in [0.717, 1.165) is 27.9 Å². The van der Waals surface area contributed by atoms with E-state index in [9.17, 15) is 14.7 Å². The largest absolute Gasteiger partial charge is 0.508 e. The van der Waals surface area contributed by atoms with Crippen LogP contribution in [0, 0.1) is 0 Å². The molecule has 0 aliphatic heterocycles. The number of aromatic hydroxyl groups is 1. The SMILES string of the molecule is NCCC(=O)N(Cc1ccc(-c2nc3cc[nH]c(=O)c3cc2-c2ccccc2)cc1)c1cccc(O)c1. The molecule has 0 aliphatic rings. The summed E-state index contributed by atoms with van der Waals surface area (Å²) >= 11 is 0. The van der Waals surface area contributed by atoms with Crippen LogP contribution in [0.25, 0.3) is 33.3 Å². The van der Waals surface area contributed by atoms with Gasteiger partial charge in [-0.2, -0.15) is 0 Å². The number of amides is 1. The van der Waals surface area contributed by atoms with Gasteiger partial charge in [-0.15, -0.1) is 0 Å². The van der Waals surface area contributed by atoms with Gasteiger partial charge in [0.1, 0.15) is 5.75 Å². The number of benzene rings is 3. The Labute approximate surface area is 213 Å². The number of phenols is 1. The molecule has 184 valence electrons. The number of H-pyrrole nitrogens is 1. The molecule has 0 aliphatic carbocycles. The van der Waals surface area contributed by atoms with Gasteiger partial charge in [0.25, 0.3) is 5.56 Å². The summed E-state index contributed by atoms with van der Waals surface area (Å²) < 4.78 is 0. The summed E-state index contributed by atoms with van der Waals surface area (Å²) in [5.74, 6) is -0.0296. The molecule has 4 N–H and O–H groups in total. The summed E-state index contributed by atoms with van der Waals surface area (Å²) in [7, 11) is 0. The summed E-state index contributed by atoms with van der Waals surface area (Å²) in [4.78, 5) is 34.5. The van der Waals surface area contributed by atoms with Crippen molar-refractivity contribution in [2.24, 2.45) is 5.73 Å². The number of nitrogens with two attached hydrogens (primary N) is 1. The van der Waals surface area contributed by atoms with E-state index in [0.29, 0.717) is 23.1 Å². The van der Waals surface area contributed by atoms with Gasteiger partial charge in [-0.3, -0.25) is 9.59 Å². The molecule has 0 radical (unpaired) electrons. The van der Waals surface area contributed by atoms with E-state index >= 15 is 0 Å². The average molecular weight is 491 g/mol. The highest BCUT2D eigenvalue weighted by Crippen LogP contribution is 2.33. The molecule has 0 saturated carbocycles. The van der Waals surface area contributed by atoms with Crippen molar-refractivity contribution in [2.75, 3.05) is 11.4 Å². The van der Waals surface area contributed by atoms with Gasteiger partial charge >= 0.3 is 0 Å². The highest BCUT2D eigenvalue weighted by atomic mass is 16.3. The summed E-state index contributed by atoms with van der Waals surface area (Å²) in [5.41, 5.74) is 11.1. The Balaban J connectivity index is 1.53. The van der Waals surface area contributed by atoms with Gasteiger partial charge in [-0.05, 0) is 35.4 Å². The Hall–Kier alpha value is -4.75. The van der Waals surface area contributed by atoms with Crippen LogP contribution >= 0.6 is 0 Å². The predicted octanol–water partition coefficient (Wildman–Crippen LogP) is 4.84. The van der Waals surface area contributed by atoms with E-state index in [1.807, 2.05) is 60.7 Å². The van der Waals surface area contributed by atoms with Crippen LogP contribution in [0.4, 0.5) is 5.69 Å². The topological polar surface area (TPSA) is 112 Å². The normalized spacial score (nSPS) is 10.9. The Morgan fingerprint density at radius 3 is 2.43 bits per heavy atom. The lowest BCUT2D eigenvalue weighted by Crippen LogP contribution is -2.31. The number of rotatable bonds is 7. The number of carbonyl (C=O) groups is 1. The van der Waals surface area contributed by atoms with Crippen molar-refractivity contribution >= 4 is 22.5 Å². The van der Waals surface area contributed by atoms with Gasteiger partial charge in [0.05, 0.1) is 23.1 Å². The van der Waals surface area contributed by atoms with E-state index < -0.39 is 0 Å². The molecule has 7 heteroatoms. The van der Waals surface area contributed by atoms with Crippen LogP contribution in [-0.4, -0.2) is 27.5 Å². The minimum absolute atomic E-state index is 0.0908. The van der Waals surface area contributed by atoms with Crippen LogP contribution in [0.5, 0.6) is 5.75 Å². The maximum Gasteiger partial charge on any atom is 0.257 e. The van der Waals surface area contributed by atoms with Gasteiger partial charge in [0.15, 0.2) is 0 Å². The van der Waals surface area contributed by atoms with Crippen molar-refractivity contribution < 1.29 is 9.90 Å². The first kappa shape index (κ1) is 24.0. The number of nitrogens with zero attached hydrogens (tertiary/aromatic N) is 2. The molecule has 37 heavy (non-hydrogen) atoms. The molecule has 2 heterocycles. The highest BCUT2D eigenvalue weighted by Gasteiger charge is 2.17. The second-order valence-corrected chi connectivity index (χ2v) is 8.73. The van der Waals surface area contributed by atoms with E-state index in [1.165, 1.54) is 0 Å². The first-order chi connectivity index (χ1) is 18.0. The molecule has 0 atom stereocenters. The van der Waals surface area contributed by atoms with Gasteiger partial charge < -0.3 is 20.7 Å². The van der Waals surface area contributed by atoms with Crippen LogP contribution in [0.1, 0.15) is 12.0 Å². The fraction of sp³-hybridized carbons (Fsp3) is 0.100. The predicted molar refractivity (Wildman–Crippen MR) is 146 cm³/mol. The number of aromatic nitrogens is 2. The zero-order valence-electron chi connectivity index (χ0n) is 20.1. The summed E-state index contributed by atoms with van der Waals surface area (Å²) in [6.07, 6.45) is 1.80. The van der Waals surface area contributed by atoms with Gasteiger partial charge in [-0.25, -0.2) is 4.98 Å². The van der Waals surface area contributed by atoms with E-state index in [-0.39, 0.29) is 30.2 Å². The van der Waals surface area contributed by atoms with Gasteiger partial charge in [0.2, 0.25) is 5.91 Å². The van der Waals surface area contributed by atoms with Crippen LogP contribution in [0.15, 0.2) is 102 Å². The lowest BCUT2D eigenvalue weighted by Gasteiger charge is -2.23. The monoisotopic (exact) mass is 490 g/mol. The summed E-state index contributed by atoms with van der Waals surface area (Å²) in [5, 5.41) is 10.5. The maximum atomic E-state index is 12.8. The quantitative estimate of drug-likeness (QED) is 0.302. The number of hydrogen-bond acceptors (Lipinski definition) is 5. The zero-order chi connectivity index (χ0) is 25.8. The Bertz CT molecular complexity index is 1610. The van der Waals surface area contributed by atoms with Crippen molar-refractivity contribution in [1.82, 2.24) is 9.97 Å². The van der Waals surface area contributed by atoms with Gasteiger partial charge in [0, 0.05) is 42.0 Å². The minimum atomic E-state index is -0.182. The van der Waals surface area contributed by atoms with E-state index in [2.05, 4.69) is 4.98 Å². The van der Waals surface area contributed by atoms with Crippen LogP contribution in [-0.2, 0) is 11.3 Å². The lowest BCUT2D eigenvalue weighted by atomic mass is 9.97. The third-order valence-corrected chi connectivity index (χ3v) is 6.21. The maximum absolute atomic E-state index is 12.8. The zero-order valence-corrected chi connectivity index (χ0v) is 20.1. The first-order valence-corrected chi connectivity index (χ1v) is 12.0. The molecule has 0 fully saturated rings. The Morgan fingerprint density at radius 2 is 1.70 bits per heavy atom. The van der Waals surface area contributed by atoms with Crippen molar-refractivity contribution in [3.8, 4) is 28.1 Å². The number of hydrogen-bond donors (Lipinski definition) is 3. The summed E-state index contributed by atoms with van der Waals surface area (Å²) in [6.45, 7) is 0.570. The fourth-order valence-corrected chi connectivity index (χ4v) is 4.36. The molecule has 1 amide bonds. The highest BCUT2D eigenvalue weighted by molar-refractivity contribution is 5.94. The number of fused-ring (bicyclic) bond motifs is 1. The molecule has 7 nitrogen and oxygen atoms in total. The smallest absolute Gasteiger partial charge is 0.257 e. The number of anilines is 1. The number of aromatic amines is 1. The molecular formula is C30H26N4O3. The Kier molecular flexibility index (Phi) is 6.78. The average Bonchev–Trinajstić information content (AvgIpc) is 2.92. The standard InChI is InChI=1S/C30H26N4O3/c31-15-13-28(36)34(23-7-4-8-24(35)17-23)19-20-9-11-22(12-10-20)29-25(21-5-2-1-3-6-21)18-26-27(33-29)14-16-32-30(26)37/h1-12,14,16-18,35H,13,15,19,31H2,(H,32,37). The number of phenolic OH excluding ortho intramolecular Hbond substituents is 1. The molecular weight excluding hydrogens is 464 g/mol. The second-order valence-electron chi connectivity index (χ2n) is 8.73. The van der Waals surface area contributed by atoms with Crippen LogP contribution < -0.4 is 16.2 Å². The fourth-order valence-electron chi connectivity index (χ4n) is 4.36. The van der Waals surface area contributed by atoms with Gasteiger partial charge in [-0.1, -0.05) is 60.7 Å². The van der Waals surface area contributed by atoms with Crippen molar-refractivity contribution in [2.45, 2.75) is 13.0 Å². The van der Waals surface area contributed by atoms with Crippen molar-refractivity contribution in [3.63, 3.8) is 0 Å². The minimum Gasteiger partial charge on any atom is -0.508 e. The van der Waals surface area contributed by atoms with Crippen molar-refractivity contribution in [3.05, 3.63) is 113 Å². The summed E-state index contributed by atoms with van der Waals surface area (Å²) in [6, 6.07) is 28.0. The number of pyridine rings is 2. The number of carbonyl (C=O) groups excluding carboxylic acids is 1. The molecule has 5 rings (SSSR count). The Morgan fingerprint density at radius 1 is 0.919 bits per heavy atom. The molecule has 5 aromatic rings. The molecule has 2 aromatic heterocycles. The van der Waals surface area contributed by atoms with E-state index in [1.54, 1.807) is 41.4 Å². The van der Waals surface area contributed by atoms with Crippen molar-refractivity contribution in [1.29, 1.82) is 0 Å². The third kappa shape index (κ3) is 5.12. The molecule has 0 saturated heterocycles. The first-order valence-electron chi connectivity index (χ1n) is 12.0. The molecule has 3 aromatic carbocycles. The molecule has 0 bridgehead atoms. The second kappa shape index (κ2) is 10.5. The molecule has 0 spiro atoms. The lowest BCUT2D eigenvalue weighted by molar-refractivity contribution is -0.118. The van der Waals surface area contributed by atoms with E-state index in [4.69, 9.17) is 10.7 Å². The third-order valence-electron chi connectivity index (χ3n) is 6.21. The number of nitrogens with one attached hydrogen (secondary N) is 1. The van der Waals surface area contributed by atoms with Crippen LogP contribution in [0.3, 0.4) is 0 Å².